The van der Waals surface area contributed by atoms with E-state index in [0.717, 1.165) is 0 Å². The molecule has 0 bridgehead atoms. The molecule has 3 rings (SSSR count). The summed E-state index contributed by atoms with van der Waals surface area (Å²) in [6, 6.07) is 14.0. The fraction of sp³-hybridized carbons (Fsp3) is 0.368. The first-order valence-corrected chi connectivity index (χ1v) is 7.49. The summed E-state index contributed by atoms with van der Waals surface area (Å²) >= 11 is 0. The molecule has 20 heavy (non-hydrogen) atoms. The Bertz CT molecular complexity index is 642. The van der Waals surface area contributed by atoms with Crippen LogP contribution >= 0.6 is 0 Å². The second-order valence-corrected chi connectivity index (χ2v) is 6.21. The van der Waals surface area contributed by atoms with E-state index in [1.54, 1.807) is 0 Å². The van der Waals surface area contributed by atoms with E-state index >= 15 is 0 Å². The van der Waals surface area contributed by atoms with Crippen LogP contribution in [0.25, 0.3) is 0 Å². The average molecular weight is 265 g/mol. The van der Waals surface area contributed by atoms with Gasteiger partial charge in [0, 0.05) is 17.6 Å². The molecule has 2 aromatic rings. The van der Waals surface area contributed by atoms with Gasteiger partial charge in [-0.15, -0.1) is 0 Å². The summed E-state index contributed by atoms with van der Waals surface area (Å²) in [6.45, 7) is 8.94. The lowest BCUT2D eigenvalue weighted by Gasteiger charge is -2.32. The maximum Gasteiger partial charge on any atom is 0.0381 e. The van der Waals surface area contributed by atoms with Crippen molar-refractivity contribution in [3.05, 3.63) is 64.2 Å². The van der Waals surface area contributed by atoms with Crippen molar-refractivity contribution >= 4 is 5.69 Å². The molecular weight excluding hydrogens is 242 g/mol. The Morgan fingerprint density at radius 1 is 0.900 bits per heavy atom. The molecule has 0 spiro atoms. The van der Waals surface area contributed by atoms with Crippen molar-refractivity contribution in [3.63, 3.8) is 0 Å². The molecule has 0 saturated carbocycles. The molecule has 1 nitrogen and oxygen atoms in total. The molecule has 0 aromatic heterocycles. The third kappa shape index (κ3) is 2.22. The predicted molar refractivity (Wildman–Crippen MR) is 86.6 cm³/mol. The van der Waals surface area contributed by atoms with Crippen molar-refractivity contribution in [1.29, 1.82) is 0 Å². The molecule has 2 unspecified atom stereocenters. The van der Waals surface area contributed by atoms with Crippen molar-refractivity contribution in [1.82, 2.24) is 0 Å². The fourth-order valence-electron chi connectivity index (χ4n) is 3.39. The van der Waals surface area contributed by atoms with Gasteiger partial charge in [-0.3, -0.25) is 0 Å². The Hall–Kier alpha value is -1.76. The van der Waals surface area contributed by atoms with Crippen molar-refractivity contribution in [2.24, 2.45) is 0 Å². The molecule has 1 aliphatic rings. The third-order valence-corrected chi connectivity index (χ3v) is 4.59. The zero-order valence-corrected chi connectivity index (χ0v) is 12.8. The number of hydrogen-bond donors (Lipinski definition) is 1. The first-order chi connectivity index (χ1) is 9.56. The quantitative estimate of drug-likeness (QED) is 0.769. The van der Waals surface area contributed by atoms with Gasteiger partial charge in [0.2, 0.25) is 0 Å². The zero-order chi connectivity index (χ0) is 14.3. The highest BCUT2D eigenvalue weighted by Gasteiger charge is 2.26. The molecule has 1 N–H and O–H groups in total. The minimum atomic E-state index is 0.516. The van der Waals surface area contributed by atoms with Gasteiger partial charge in [-0.05, 0) is 68.0 Å². The first kappa shape index (κ1) is 13.2. The summed E-state index contributed by atoms with van der Waals surface area (Å²) in [7, 11) is 0. The van der Waals surface area contributed by atoms with E-state index in [0.29, 0.717) is 12.0 Å². The Morgan fingerprint density at radius 3 is 2.40 bits per heavy atom. The lowest BCUT2D eigenvalue weighted by atomic mass is 9.80. The van der Waals surface area contributed by atoms with Gasteiger partial charge in [0.15, 0.2) is 0 Å². The monoisotopic (exact) mass is 265 g/mol. The van der Waals surface area contributed by atoms with Gasteiger partial charge >= 0.3 is 0 Å². The lowest BCUT2D eigenvalue weighted by Crippen LogP contribution is -2.26. The van der Waals surface area contributed by atoms with Gasteiger partial charge in [0.05, 0.1) is 0 Å². The molecule has 0 radical (unpaired) electrons. The van der Waals surface area contributed by atoms with Crippen LogP contribution in [0.1, 0.15) is 47.1 Å². The number of hydrogen-bond acceptors (Lipinski definition) is 1. The molecule has 0 fully saturated rings. The van der Waals surface area contributed by atoms with Crippen molar-refractivity contribution in [3.8, 4) is 0 Å². The molecule has 2 aromatic carbocycles. The van der Waals surface area contributed by atoms with Crippen LogP contribution in [0, 0.1) is 20.8 Å². The second-order valence-electron chi connectivity index (χ2n) is 6.21. The van der Waals surface area contributed by atoms with E-state index in [-0.39, 0.29) is 0 Å². The highest BCUT2D eigenvalue weighted by molar-refractivity contribution is 5.59. The summed E-state index contributed by atoms with van der Waals surface area (Å²) in [5, 5.41) is 3.61. The Labute approximate surface area is 122 Å². The Kier molecular flexibility index (Phi) is 3.29. The van der Waals surface area contributed by atoms with Crippen LogP contribution in [0.4, 0.5) is 5.69 Å². The smallest absolute Gasteiger partial charge is 0.0381 e. The largest absolute Gasteiger partial charge is 0.382 e. The minimum absolute atomic E-state index is 0.516. The Balaban J connectivity index is 2.13. The molecule has 0 aliphatic carbocycles. The van der Waals surface area contributed by atoms with Gasteiger partial charge in [0.25, 0.3) is 0 Å². The van der Waals surface area contributed by atoms with Crippen LogP contribution in [-0.4, -0.2) is 6.04 Å². The topological polar surface area (TPSA) is 12.0 Å². The van der Waals surface area contributed by atoms with E-state index in [1.807, 2.05) is 0 Å². The Morgan fingerprint density at radius 2 is 1.60 bits per heavy atom. The molecule has 2 atom stereocenters. The number of para-hydroxylation sites is 1. The molecule has 0 amide bonds. The number of nitrogens with one attached hydrogen (secondary N) is 1. The predicted octanol–water partition coefficient (Wildman–Crippen LogP) is 4.95. The van der Waals surface area contributed by atoms with Gasteiger partial charge in [-0.2, -0.15) is 0 Å². The molecule has 0 saturated heterocycles. The molecule has 1 heteroatoms. The van der Waals surface area contributed by atoms with Crippen molar-refractivity contribution in [2.75, 3.05) is 5.32 Å². The molecular formula is C19H23N. The fourth-order valence-corrected chi connectivity index (χ4v) is 3.39. The van der Waals surface area contributed by atoms with E-state index in [1.165, 1.54) is 39.9 Å². The number of fused-ring (bicyclic) bond motifs is 1. The van der Waals surface area contributed by atoms with Crippen molar-refractivity contribution < 1.29 is 0 Å². The third-order valence-electron chi connectivity index (χ3n) is 4.59. The molecule has 1 aliphatic heterocycles. The summed E-state index contributed by atoms with van der Waals surface area (Å²) in [5.74, 6) is 0.516. The van der Waals surface area contributed by atoms with Crippen LogP contribution < -0.4 is 5.32 Å². The van der Waals surface area contributed by atoms with E-state index in [2.05, 4.69) is 69.4 Å². The number of anilines is 1. The number of rotatable bonds is 1. The normalized spacial score (nSPS) is 21.2. The number of benzene rings is 2. The van der Waals surface area contributed by atoms with Crippen LogP contribution in [0.15, 0.2) is 36.4 Å². The molecule has 104 valence electrons. The highest BCUT2D eigenvalue weighted by atomic mass is 14.9. The maximum atomic E-state index is 3.61. The van der Waals surface area contributed by atoms with Crippen LogP contribution in [0.5, 0.6) is 0 Å². The average Bonchev–Trinajstić information content (AvgIpc) is 2.42. The second kappa shape index (κ2) is 4.97. The minimum Gasteiger partial charge on any atom is -0.382 e. The van der Waals surface area contributed by atoms with Crippen LogP contribution in [0.2, 0.25) is 0 Å². The highest BCUT2D eigenvalue weighted by Crippen LogP contribution is 2.40. The summed E-state index contributed by atoms with van der Waals surface area (Å²) in [5.41, 5.74) is 8.44. The maximum absolute atomic E-state index is 3.61. The van der Waals surface area contributed by atoms with E-state index in [9.17, 15) is 0 Å². The first-order valence-electron chi connectivity index (χ1n) is 7.49. The lowest BCUT2D eigenvalue weighted by molar-refractivity contribution is 0.612. The van der Waals surface area contributed by atoms with Crippen molar-refractivity contribution in [2.45, 2.75) is 46.1 Å². The summed E-state index contributed by atoms with van der Waals surface area (Å²) in [6.07, 6.45) is 1.17. The van der Waals surface area contributed by atoms with E-state index < -0.39 is 0 Å². The zero-order valence-electron chi connectivity index (χ0n) is 12.8. The van der Waals surface area contributed by atoms with Gasteiger partial charge < -0.3 is 5.32 Å². The summed E-state index contributed by atoms with van der Waals surface area (Å²) in [4.78, 5) is 0. The standard InChI is InChI=1S/C19H23N/c1-12-9-14(3)17(10-13(12)2)18-11-15(4)20-19-8-6-5-7-16(18)19/h5-10,15,18,20H,11H2,1-4H3. The van der Waals surface area contributed by atoms with Crippen LogP contribution in [-0.2, 0) is 0 Å². The van der Waals surface area contributed by atoms with Gasteiger partial charge in [-0.1, -0.05) is 30.3 Å². The van der Waals surface area contributed by atoms with Gasteiger partial charge in [-0.25, -0.2) is 0 Å². The molecule has 1 heterocycles. The SMILES string of the molecule is Cc1cc(C)c(C2CC(C)Nc3ccccc32)cc1C. The van der Waals surface area contributed by atoms with Crippen LogP contribution in [0.3, 0.4) is 0 Å². The number of aryl methyl sites for hydroxylation is 3. The summed E-state index contributed by atoms with van der Waals surface area (Å²) < 4.78 is 0. The van der Waals surface area contributed by atoms with E-state index in [4.69, 9.17) is 0 Å². The van der Waals surface area contributed by atoms with Gasteiger partial charge in [0.1, 0.15) is 0 Å².